The number of nitrogens with one attached hydrogen (secondary N) is 1. The van der Waals surface area contributed by atoms with E-state index >= 15 is 0 Å². The van der Waals surface area contributed by atoms with E-state index in [0.29, 0.717) is 5.92 Å². The molecule has 0 fully saturated rings. The second-order valence-corrected chi connectivity index (χ2v) is 4.46. The predicted molar refractivity (Wildman–Crippen MR) is 70.3 cm³/mol. The fourth-order valence-corrected chi connectivity index (χ4v) is 2.13. The van der Waals surface area contributed by atoms with E-state index in [4.69, 9.17) is 0 Å². The Labute approximate surface area is 97.9 Å². The molecule has 1 atom stereocenters. The molecule has 1 heteroatoms. The molecule has 84 valence electrons. The van der Waals surface area contributed by atoms with Gasteiger partial charge in [-0.15, -0.1) is 0 Å². The van der Waals surface area contributed by atoms with Crippen LogP contribution in [0.4, 0.5) is 0 Å². The molecule has 0 aromatic heterocycles. The number of benzene rings is 1. The van der Waals surface area contributed by atoms with Crippen LogP contribution in [0.1, 0.15) is 17.5 Å². The lowest BCUT2D eigenvalue weighted by Gasteiger charge is -2.18. The third-order valence-corrected chi connectivity index (χ3v) is 3.05. The van der Waals surface area contributed by atoms with Crippen LogP contribution in [0.2, 0.25) is 0 Å². The minimum Gasteiger partial charge on any atom is -0.319 e. The number of hydrogen-bond donors (Lipinski definition) is 1. The molecule has 0 saturated carbocycles. The van der Waals surface area contributed by atoms with Crippen LogP contribution in [0, 0.1) is 12.8 Å². The maximum absolute atomic E-state index is 3.24. The Morgan fingerprint density at radius 2 is 2.00 bits per heavy atom. The van der Waals surface area contributed by atoms with Crippen molar-refractivity contribution in [2.24, 2.45) is 5.92 Å². The van der Waals surface area contributed by atoms with Gasteiger partial charge in [-0.2, -0.15) is 0 Å². The summed E-state index contributed by atoms with van der Waals surface area (Å²) >= 11 is 0. The van der Waals surface area contributed by atoms with Crippen molar-refractivity contribution < 1.29 is 0 Å². The molecule has 1 nitrogen and oxygen atoms in total. The molecule has 1 N–H and O–H groups in total. The molecule has 1 aromatic carbocycles. The van der Waals surface area contributed by atoms with Gasteiger partial charge in [0.25, 0.3) is 0 Å². The summed E-state index contributed by atoms with van der Waals surface area (Å²) in [5.41, 5.74) is 4.13. The third kappa shape index (κ3) is 2.61. The molecular weight excluding hydrogens is 194 g/mol. The average molecular weight is 213 g/mol. The second-order valence-electron chi connectivity index (χ2n) is 4.46. The number of allylic oxidation sites excluding steroid dienone is 3. The van der Waals surface area contributed by atoms with Gasteiger partial charge >= 0.3 is 0 Å². The summed E-state index contributed by atoms with van der Waals surface area (Å²) in [6.45, 7) is 3.18. The van der Waals surface area contributed by atoms with Gasteiger partial charge < -0.3 is 5.32 Å². The van der Waals surface area contributed by atoms with Crippen LogP contribution < -0.4 is 5.32 Å². The lowest BCUT2D eigenvalue weighted by atomic mass is 9.90. The van der Waals surface area contributed by atoms with Gasteiger partial charge in [-0.1, -0.05) is 48.1 Å². The van der Waals surface area contributed by atoms with Crippen molar-refractivity contribution in [3.63, 3.8) is 0 Å². The van der Waals surface area contributed by atoms with Gasteiger partial charge in [-0.3, -0.25) is 0 Å². The van der Waals surface area contributed by atoms with Gasteiger partial charge in [0, 0.05) is 6.54 Å². The lowest BCUT2D eigenvalue weighted by molar-refractivity contribution is 0.609. The van der Waals surface area contributed by atoms with Gasteiger partial charge in [0.15, 0.2) is 0 Å². The fourth-order valence-electron chi connectivity index (χ4n) is 2.13. The Morgan fingerprint density at radius 3 is 2.69 bits per heavy atom. The Hall–Kier alpha value is -1.34. The molecular formula is C15H19N. The van der Waals surface area contributed by atoms with Gasteiger partial charge in [-0.05, 0) is 37.4 Å². The molecule has 1 aliphatic rings. The first-order valence-electron chi connectivity index (χ1n) is 5.88. The summed E-state index contributed by atoms with van der Waals surface area (Å²) < 4.78 is 0. The minimum absolute atomic E-state index is 0.631. The van der Waals surface area contributed by atoms with Crippen LogP contribution in [0.3, 0.4) is 0 Å². The summed E-state index contributed by atoms with van der Waals surface area (Å²) in [7, 11) is 2.01. The molecule has 0 saturated heterocycles. The highest BCUT2D eigenvalue weighted by molar-refractivity contribution is 5.68. The van der Waals surface area contributed by atoms with E-state index in [9.17, 15) is 0 Å². The van der Waals surface area contributed by atoms with Crippen molar-refractivity contribution in [2.75, 3.05) is 13.6 Å². The van der Waals surface area contributed by atoms with Crippen LogP contribution in [0.5, 0.6) is 0 Å². The van der Waals surface area contributed by atoms with Gasteiger partial charge in [0.1, 0.15) is 0 Å². The largest absolute Gasteiger partial charge is 0.319 e. The maximum atomic E-state index is 3.24. The monoisotopic (exact) mass is 213 g/mol. The van der Waals surface area contributed by atoms with E-state index in [2.05, 4.69) is 54.7 Å². The molecule has 2 rings (SSSR count). The van der Waals surface area contributed by atoms with E-state index in [1.165, 1.54) is 16.7 Å². The van der Waals surface area contributed by atoms with E-state index in [1.54, 1.807) is 0 Å². The zero-order chi connectivity index (χ0) is 11.4. The van der Waals surface area contributed by atoms with Crippen LogP contribution in [0.15, 0.2) is 42.5 Å². The Morgan fingerprint density at radius 1 is 1.25 bits per heavy atom. The topological polar surface area (TPSA) is 12.0 Å². The first-order chi connectivity index (χ1) is 7.79. The normalized spacial score (nSPS) is 19.6. The van der Waals surface area contributed by atoms with Gasteiger partial charge in [0.2, 0.25) is 0 Å². The Bertz CT molecular complexity index is 398. The highest BCUT2D eigenvalue weighted by Crippen LogP contribution is 2.26. The Kier molecular flexibility index (Phi) is 3.58. The first-order valence-corrected chi connectivity index (χ1v) is 5.88. The van der Waals surface area contributed by atoms with Crippen molar-refractivity contribution in [1.82, 2.24) is 5.32 Å². The lowest BCUT2D eigenvalue weighted by Crippen LogP contribution is -2.18. The van der Waals surface area contributed by atoms with Crippen molar-refractivity contribution in [2.45, 2.75) is 13.3 Å². The highest BCUT2D eigenvalue weighted by atomic mass is 14.8. The molecule has 0 spiro atoms. The second kappa shape index (κ2) is 5.13. The molecule has 1 unspecified atom stereocenters. The summed E-state index contributed by atoms with van der Waals surface area (Å²) in [6, 6.07) is 8.80. The quantitative estimate of drug-likeness (QED) is 0.813. The molecule has 0 radical (unpaired) electrons. The van der Waals surface area contributed by atoms with Crippen LogP contribution in [-0.2, 0) is 0 Å². The number of hydrogen-bond acceptors (Lipinski definition) is 1. The summed E-state index contributed by atoms with van der Waals surface area (Å²) in [4.78, 5) is 0. The average Bonchev–Trinajstić information content (AvgIpc) is 2.31. The molecule has 0 bridgehead atoms. The van der Waals surface area contributed by atoms with E-state index in [-0.39, 0.29) is 0 Å². The van der Waals surface area contributed by atoms with Crippen LogP contribution >= 0.6 is 0 Å². The standard InChI is InChI=1S/C15H19N/c1-12-6-8-14(9-7-12)15-5-3-4-13(10-15)11-16-2/h3-9,13,16H,10-11H2,1-2H3. The molecule has 1 aliphatic carbocycles. The molecule has 0 aliphatic heterocycles. The highest BCUT2D eigenvalue weighted by Gasteiger charge is 2.11. The SMILES string of the molecule is CNCC1C=CC=C(c2ccc(C)cc2)C1. The summed E-state index contributed by atoms with van der Waals surface area (Å²) in [5, 5.41) is 3.24. The molecule has 16 heavy (non-hydrogen) atoms. The molecule has 0 amide bonds. The summed E-state index contributed by atoms with van der Waals surface area (Å²) in [5.74, 6) is 0.631. The van der Waals surface area contributed by atoms with Crippen molar-refractivity contribution >= 4 is 5.57 Å². The zero-order valence-electron chi connectivity index (χ0n) is 10.0. The van der Waals surface area contributed by atoms with E-state index < -0.39 is 0 Å². The number of aryl methyl sites for hydroxylation is 1. The van der Waals surface area contributed by atoms with E-state index in [0.717, 1.165) is 13.0 Å². The number of rotatable bonds is 3. The van der Waals surface area contributed by atoms with Gasteiger partial charge in [0.05, 0.1) is 0 Å². The van der Waals surface area contributed by atoms with Gasteiger partial charge in [-0.25, -0.2) is 0 Å². The summed E-state index contributed by atoms with van der Waals surface area (Å²) in [6.07, 6.45) is 7.84. The molecule has 0 heterocycles. The minimum atomic E-state index is 0.631. The fraction of sp³-hybridized carbons (Fsp3) is 0.333. The van der Waals surface area contributed by atoms with Crippen molar-refractivity contribution in [3.8, 4) is 0 Å². The zero-order valence-corrected chi connectivity index (χ0v) is 10.0. The van der Waals surface area contributed by atoms with Crippen molar-refractivity contribution in [3.05, 3.63) is 53.6 Å². The molecule has 1 aromatic rings. The van der Waals surface area contributed by atoms with E-state index in [1.807, 2.05) is 7.05 Å². The smallest absolute Gasteiger partial charge is 0.00145 e. The predicted octanol–water partition coefficient (Wildman–Crippen LogP) is 3.17. The first kappa shape index (κ1) is 11.2. The third-order valence-electron chi connectivity index (χ3n) is 3.05. The van der Waals surface area contributed by atoms with Crippen LogP contribution in [-0.4, -0.2) is 13.6 Å². The Balaban J connectivity index is 2.13. The maximum Gasteiger partial charge on any atom is 0.00145 e. The van der Waals surface area contributed by atoms with Crippen molar-refractivity contribution in [1.29, 1.82) is 0 Å². The van der Waals surface area contributed by atoms with Crippen LogP contribution in [0.25, 0.3) is 5.57 Å².